The number of fused-ring (bicyclic) bond motifs is 1. The fourth-order valence-corrected chi connectivity index (χ4v) is 2.18. The molecular formula is C18H14N2O. The molecule has 0 atom stereocenters. The van der Waals surface area contributed by atoms with Crippen LogP contribution < -0.4 is 4.74 Å². The van der Waals surface area contributed by atoms with E-state index < -0.39 is 0 Å². The molecule has 102 valence electrons. The van der Waals surface area contributed by atoms with E-state index in [-0.39, 0.29) is 0 Å². The third-order valence-electron chi connectivity index (χ3n) is 3.20. The van der Waals surface area contributed by atoms with Gasteiger partial charge in [-0.25, -0.2) is 4.98 Å². The number of benzene rings is 2. The van der Waals surface area contributed by atoms with E-state index in [2.05, 4.69) is 11.1 Å². The van der Waals surface area contributed by atoms with Gasteiger partial charge in [-0.1, -0.05) is 36.4 Å². The minimum absolute atomic E-state index is 0.472. The molecule has 3 rings (SSSR count). The van der Waals surface area contributed by atoms with Crippen LogP contribution >= 0.6 is 0 Å². The maximum absolute atomic E-state index is 8.69. The fourth-order valence-electron chi connectivity index (χ4n) is 2.18. The van der Waals surface area contributed by atoms with Crippen molar-refractivity contribution in [3.8, 4) is 17.6 Å². The van der Waals surface area contributed by atoms with Crippen LogP contribution in [0.1, 0.15) is 12.1 Å². The average molecular weight is 274 g/mol. The number of aryl methyl sites for hydroxylation is 1. The number of pyridine rings is 1. The first-order chi connectivity index (χ1) is 10.4. The second-order valence-corrected chi connectivity index (χ2v) is 4.70. The topological polar surface area (TPSA) is 45.9 Å². The van der Waals surface area contributed by atoms with Gasteiger partial charge in [0, 0.05) is 23.9 Å². The summed E-state index contributed by atoms with van der Waals surface area (Å²) in [7, 11) is 0. The van der Waals surface area contributed by atoms with Gasteiger partial charge in [0.15, 0.2) is 5.75 Å². The summed E-state index contributed by atoms with van der Waals surface area (Å²) in [5.41, 5.74) is 1.74. The number of rotatable bonds is 4. The van der Waals surface area contributed by atoms with Crippen molar-refractivity contribution in [2.75, 3.05) is 0 Å². The van der Waals surface area contributed by atoms with Gasteiger partial charge in [0.2, 0.25) is 0 Å². The van der Waals surface area contributed by atoms with Gasteiger partial charge in [-0.05, 0) is 24.3 Å². The lowest BCUT2D eigenvalue weighted by molar-refractivity contribution is 0.487. The van der Waals surface area contributed by atoms with Crippen LogP contribution in [-0.2, 0) is 6.42 Å². The SMILES string of the molecule is N#CCCc1ccc2cccc(Oc3ccccc3)c2n1. The molecule has 0 aliphatic heterocycles. The third-order valence-corrected chi connectivity index (χ3v) is 3.20. The quantitative estimate of drug-likeness (QED) is 0.704. The summed E-state index contributed by atoms with van der Waals surface area (Å²) < 4.78 is 5.92. The van der Waals surface area contributed by atoms with Crippen LogP contribution in [0, 0.1) is 11.3 Å². The predicted octanol–water partition coefficient (Wildman–Crippen LogP) is 4.48. The second-order valence-electron chi connectivity index (χ2n) is 4.70. The van der Waals surface area contributed by atoms with Crippen LogP contribution in [0.5, 0.6) is 11.5 Å². The number of para-hydroxylation sites is 2. The van der Waals surface area contributed by atoms with E-state index in [0.717, 1.165) is 28.1 Å². The Bertz CT molecular complexity index is 791. The van der Waals surface area contributed by atoms with Crippen LogP contribution in [0.25, 0.3) is 10.9 Å². The molecule has 21 heavy (non-hydrogen) atoms. The Labute approximate surface area is 123 Å². The zero-order valence-corrected chi connectivity index (χ0v) is 11.5. The molecule has 2 aromatic carbocycles. The lowest BCUT2D eigenvalue weighted by Crippen LogP contribution is -1.93. The number of hydrogen-bond acceptors (Lipinski definition) is 3. The van der Waals surface area contributed by atoms with E-state index in [4.69, 9.17) is 10.00 Å². The number of nitrogens with zero attached hydrogens (tertiary/aromatic N) is 2. The maximum Gasteiger partial charge on any atom is 0.153 e. The molecule has 0 N–H and O–H groups in total. The zero-order valence-electron chi connectivity index (χ0n) is 11.5. The summed E-state index contributed by atoms with van der Waals surface area (Å²) in [4.78, 5) is 4.63. The van der Waals surface area contributed by atoms with E-state index in [0.29, 0.717) is 12.8 Å². The minimum atomic E-state index is 0.472. The Morgan fingerprint density at radius 3 is 2.62 bits per heavy atom. The number of ether oxygens (including phenoxy) is 1. The summed E-state index contributed by atoms with van der Waals surface area (Å²) in [6, 6.07) is 21.7. The Morgan fingerprint density at radius 2 is 1.81 bits per heavy atom. The van der Waals surface area contributed by atoms with Crippen molar-refractivity contribution in [2.24, 2.45) is 0 Å². The van der Waals surface area contributed by atoms with Gasteiger partial charge in [0.05, 0.1) is 6.07 Å². The predicted molar refractivity (Wildman–Crippen MR) is 82.2 cm³/mol. The van der Waals surface area contributed by atoms with Gasteiger partial charge >= 0.3 is 0 Å². The molecule has 0 saturated heterocycles. The lowest BCUT2D eigenvalue weighted by atomic mass is 10.1. The Morgan fingerprint density at radius 1 is 0.952 bits per heavy atom. The molecule has 0 unspecified atom stereocenters. The largest absolute Gasteiger partial charge is 0.455 e. The highest BCUT2D eigenvalue weighted by Crippen LogP contribution is 2.28. The molecule has 0 aliphatic carbocycles. The van der Waals surface area contributed by atoms with E-state index in [1.807, 2.05) is 60.7 Å². The highest BCUT2D eigenvalue weighted by Gasteiger charge is 2.06. The normalized spacial score (nSPS) is 10.2. The average Bonchev–Trinajstić information content (AvgIpc) is 2.54. The highest BCUT2D eigenvalue weighted by atomic mass is 16.5. The van der Waals surface area contributed by atoms with Gasteiger partial charge in [-0.2, -0.15) is 5.26 Å². The molecule has 3 aromatic rings. The van der Waals surface area contributed by atoms with Crippen molar-refractivity contribution in [3.63, 3.8) is 0 Å². The van der Waals surface area contributed by atoms with E-state index in [9.17, 15) is 0 Å². The van der Waals surface area contributed by atoms with Gasteiger partial charge < -0.3 is 4.74 Å². The van der Waals surface area contributed by atoms with Crippen molar-refractivity contribution in [2.45, 2.75) is 12.8 Å². The molecule has 0 spiro atoms. The summed E-state index contributed by atoms with van der Waals surface area (Å²) in [5, 5.41) is 9.72. The van der Waals surface area contributed by atoms with Crippen molar-refractivity contribution in [1.82, 2.24) is 4.98 Å². The molecule has 0 fully saturated rings. The summed E-state index contributed by atoms with van der Waals surface area (Å²) in [5.74, 6) is 1.52. The number of hydrogen-bond donors (Lipinski definition) is 0. The van der Waals surface area contributed by atoms with Gasteiger partial charge in [0.25, 0.3) is 0 Å². The van der Waals surface area contributed by atoms with Crippen LogP contribution in [0.15, 0.2) is 60.7 Å². The smallest absolute Gasteiger partial charge is 0.153 e. The zero-order chi connectivity index (χ0) is 14.5. The summed E-state index contributed by atoms with van der Waals surface area (Å²) in [6.07, 6.45) is 1.13. The maximum atomic E-state index is 8.69. The van der Waals surface area contributed by atoms with Gasteiger partial charge in [0.1, 0.15) is 11.3 Å². The molecule has 1 heterocycles. The first-order valence-corrected chi connectivity index (χ1v) is 6.85. The van der Waals surface area contributed by atoms with Crippen molar-refractivity contribution in [1.29, 1.82) is 5.26 Å². The molecule has 0 saturated carbocycles. The van der Waals surface area contributed by atoms with Crippen LogP contribution in [-0.4, -0.2) is 4.98 Å². The Hall–Kier alpha value is -2.86. The monoisotopic (exact) mass is 274 g/mol. The fraction of sp³-hybridized carbons (Fsp3) is 0.111. The number of aromatic nitrogens is 1. The molecule has 3 heteroatoms. The molecule has 0 bridgehead atoms. The Kier molecular flexibility index (Phi) is 3.79. The Balaban J connectivity index is 1.99. The highest BCUT2D eigenvalue weighted by molar-refractivity contribution is 5.84. The summed E-state index contributed by atoms with van der Waals surface area (Å²) >= 11 is 0. The van der Waals surface area contributed by atoms with Crippen molar-refractivity contribution >= 4 is 10.9 Å². The van der Waals surface area contributed by atoms with E-state index in [1.165, 1.54) is 0 Å². The van der Waals surface area contributed by atoms with Crippen LogP contribution in [0.4, 0.5) is 0 Å². The van der Waals surface area contributed by atoms with Gasteiger partial charge in [-0.15, -0.1) is 0 Å². The minimum Gasteiger partial charge on any atom is -0.455 e. The van der Waals surface area contributed by atoms with Crippen LogP contribution in [0.2, 0.25) is 0 Å². The first-order valence-electron chi connectivity index (χ1n) is 6.85. The molecule has 0 aliphatic rings. The molecular weight excluding hydrogens is 260 g/mol. The molecule has 0 radical (unpaired) electrons. The van der Waals surface area contributed by atoms with E-state index in [1.54, 1.807) is 0 Å². The van der Waals surface area contributed by atoms with Crippen molar-refractivity contribution < 1.29 is 4.74 Å². The standard InChI is InChI=1S/C18H14N2O/c19-13-5-7-15-12-11-14-6-4-10-17(18(14)20-15)21-16-8-2-1-3-9-16/h1-4,6,8-12H,5,7H2. The van der Waals surface area contributed by atoms with Crippen molar-refractivity contribution in [3.05, 3.63) is 66.4 Å². The van der Waals surface area contributed by atoms with Crippen LogP contribution in [0.3, 0.4) is 0 Å². The molecule has 1 aromatic heterocycles. The molecule has 0 amide bonds. The summed E-state index contributed by atoms with van der Waals surface area (Å²) in [6.45, 7) is 0. The number of nitriles is 1. The third kappa shape index (κ3) is 3.01. The lowest BCUT2D eigenvalue weighted by Gasteiger charge is -2.09. The van der Waals surface area contributed by atoms with Gasteiger partial charge in [-0.3, -0.25) is 0 Å². The molecule has 3 nitrogen and oxygen atoms in total. The first kappa shape index (κ1) is 13.1. The second kappa shape index (κ2) is 6.06. The van der Waals surface area contributed by atoms with E-state index >= 15 is 0 Å².